The molecule has 1 N–H and O–H groups in total. The van der Waals surface area contributed by atoms with Crippen molar-refractivity contribution in [3.05, 3.63) is 59.9 Å². The van der Waals surface area contributed by atoms with Gasteiger partial charge in [0.05, 0.1) is 13.7 Å². The van der Waals surface area contributed by atoms with E-state index >= 15 is 0 Å². The molecule has 3 rings (SSSR count). The standard InChI is InChI=1S/C19H19FN2O4/c1-19(13-6-5-7-14(12-13)25-2)17(23)22(18(24)21-19)10-11-26-16-9-4-3-8-15(16)20/h3-9,12H,10-11H2,1-2H3,(H,21,24)/t19-/m1/s1. The lowest BCUT2D eigenvalue weighted by Crippen LogP contribution is -2.41. The molecule has 1 atom stereocenters. The maximum absolute atomic E-state index is 13.6. The van der Waals surface area contributed by atoms with E-state index in [0.717, 1.165) is 4.90 Å². The summed E-state index contributed by atoms with van der Waals surface area (Å²) in [6.07, 6.45) is 0. The van der Waals surface area contributed by atoms with E-state index in [2.05, 4.69) is 5.32 Å². The molecule has 1 saturated heterocycles. The normalized spacial score (nSPS) is 19.4. The van der Waals surface area contributed by atoms with Crippen LogP contribution in [0.3, 0.4) is 0 Å². The van der Waals surface area contributed by atoms with Crippen molar-refractivity contribution in [3.8, 4) is 11.5 Å². The van der Waals surface area contributed by atoms with Gasteiger partial charge >= 0.3 is 6.03 Å². The van der Waals surface area contributed by atoms with Gasteiger partial charge in [-0.25, -0.2) is 9.18 Å². The maximum Gasteiger partial charge on any atom is 0.325 e. The summed E-state index contributed by atoms with van der Waals surface area (Å²) in [6, 6.07) is 12.4. The number of nitrogens with zero attached hydrogens (tertiary/aromatic N) is 1. The molecule has 1 heterocycles. The first-order chi connectivity index (χ1) is 12.5. The number of urea groups is 1. The number of ether oxygens (including phenoxy) is 2. The summed E-state index contributed by atoms with van der Waals surface area (Å²) in [6.45, 7) is 1.65. The first-order valence-corrected chi connectivity index (χ1v) is 8.11. The Labute approximate surface area is 150 Å². The summed E-state index contributed by atoms with van der Waals surface area (Å²) >= 11 is 0. The Bertz CT molecular complexity index is 842. The molecule has 0 spiro atoms. The van der Waals surface area contributed by atoms with Crippen LogP contribution in [0.2, 0.25) is 0 Å². The zero-order valence-electron chi connectivity index (χ0n) is 14.5. The predicted molar refractivity (Wildman–Crippen MR) is 92.5 cm³/mol. The number of methoxy groups -OCH3 is 1. The van der Waals surface area contributed by atoms with E-state index in [4.69, 9.17) is 9.47 Å². The molecule has 0 bridgehead atoms. The zero-order chi connectivity index (χ0) is 18.7. The Morgan fingerprint density at radius 2 is 1.92 bits per heavy atom. The van der Waals surface area contributed by atoms with Crippen LogP contribution in [-0.4, -0.2) is 37.1 Å². The molecule has 6 nitrogen and oxygen atoms in total. The number of halogens is 1. The molecule has 136 valence electrons. The number of para-hydroxylation sites is 1. The minimum Gasteiger partial charge on any atom is -0.497 e. The van der Waals surface area contributed by atoms with Crippen molar-refractivity contribution < 1.29 is 23.5 Å². The zero-order valence-corrected chi connectivity index (χ0v) is 14.5. The molecular formula is C19H19FN2O4. The predicted octanol–water partition coefficient (Wildman–Crippen LogP) is 2.68. The van der Waals surface area contributed by atoms with Gasteiger partial charge < -0.3 is 14.8 Å². The highest BCUT2D eigenvalue weighted by atomic mass is 19.1. The minimum absolute atomic E-state index is 0.00567. The van der Waals surface area contributed by atoms with E-state index in [0.29, 0.717) is 11.3 Å². The van der Waals surface area contributed by atoms with Gasteiger partial charge in [0.15, 0.2) is 11.6 Å². The fourth-order valence-electron chi connectivity index (χ4n) is 2.84. The highest BCUT2D eigenvalue weighted by Crippen LogP contribution is 2.30. The Hall–Kier alpha value is -3.09. The van der Waals surface area contributed by atoms with Crippen molar-refractivity contribution in [1.29, 1.82) is 0 Å². The minimum atomic E-state index is -1.19. The quantitative estimate of drug-likeness (QED) is 0.806. The average molecular weight is 358 g/mol. The molecule has 1 aliphatic rings. The van der Waals surface area contributed by atoms with E-state index in [-0.39, 0.29) is 18.9 Å². The van der Waals surface area contributed by atoms with Gasteiger partial charge in [0, 0.05) is 0 Å². The summed E-state index contributed by atoms with van der Waals surface area (Å²) in [5, 5.41) is 2.71. The summed E-state index contributed by atoms with van der Waals surface area (Å²) in [5.74, 6) is -0.221. The van der Waals surface area contributed by atoms with Gasteiger partial charge in [-0.2, -0.15) is 0 Å². The van der Waals surface area contributed by atoms with Crippen LogP contribution in [-0.2, 0) is 10.3 Å². The van der Waals surface area contributed by atoms with Crippen molar-refractivity contribution in [1.82, 2.24) is 10.2 Å². The highest BCUT2D eigenvalue weighted by Gasteiger charge is 2.48. The number of carbonyl (C=O) groups excluding carboxylic acids is 2. The van der Waals surface area contributed by atoms with Crippen LogP contribution in [0, 0.1) is 5.82 Å². The topological polar surface area (TPSA) is 67.9 Å². The first kappa shape index (κ1) is 17.7. The molecule has 0 aromatic heterocycles. The summed E-state index contributed by atoms with van der Waals surface area (Å²) in [4.78, 5) is 26.2. The first-order valence-electron chi connectivity index (χ1n) is 8.11. The monoisotopic (exact) mass is 358 g/mol. The molecule has 1 aliphatic heterocycles. The van der Waals surface area contributed by atoms with E-state index in [1.165, 1.54) is 19.2 Å². The van der Waals surface area contributed by atoms with Crippen molar-refractivity contribution in [3.63, 3.8) is 0 Å². The summed E-state index contributed by atoms with van der Waals surface area (Å²) in [7, 11) is 1.53. The second-order valence-electron chi connectivity index (χ2n) is 6.02. The molecular weight excluding hydrogens is 339 g/mol. The number of carbonyl (C=O) groups is 2. The second-order valence-corrected chi connectivity index (χ2v) is 6.02. The number of benzene rings is 2. The molecule has 3 amide bonds. The molecule has 2 aromatic rings. The number of hydrogen-bond acceptors (Lipinski definition) is 4. The van der Waals surface area contributed by atoms with Gasteiger partial charge in [0.1, 0.15) is 17.9 Å². The van der Waals surface area contributed by atoms with E-state index in [9.17, 15) is 14.0 Å². The lowest BCUT2D eigenvalue weighted by atomic mass is 9.92. The summed E-state index contributed by atoms with van der Waals surface area (Å²) < 4.78 is 24.1. The van der Waals surface area contributed by atoms with Crippen LogP contribution < -0.4 is 14.8 Å². The SMILES string of the molecule is COc1cccc([C@@]2(C)NC(=O)N(CCOc3ccccc3F)C2=O)c1. The van der Waals surface area contributed by atoms with Gasteiger partial charge in [-0.1, -0.05) is 24.3 Å². The van der Waals surface area contributed by atoms with Crippen LogP contribution in [0.1, 0.15) is 12.5 Å². The lowest BCUT2D eigenvalue weighted by Gasteiger charge is -2.22. The van der Waals surface area contributed by atoms with Gasteiger partial charge in [-0.05, 0) is 36.8 Å². The lowest BCUT2D eigenvalue weighted by molar-refractivity contribution is -0.131. The molecule has 0 unspecified atom stereocenters. The fraction of sp³-hybridized carbons (Fsp3) is 0.263. The van der Waals surface area contributed by atoms with Crippen LogP contribution in [0.25, 0.3) is 0 Å². The maximum atomic E-state index is 13.6. The van der Waals surface area contributed by atoms with Crippen LogP contribution >= 0.6 is 0 Å². The Morgan fingerprint density at radius 1 is 1.15 bits per heavy atom. The summed E-state index contributed by atoms with van der Waals surface area (Å²) in [5.41, 5.74) is -0.573. The van der Waals surface area contributed by atoms with Crippen molar-refractivity contribution in [2.45, 2.75) is 12.5 Å². The van der Waals surface area contributed by atoms with Crippen molar-refractivity contribution >= 4 is 11.9 Å². The van der Waals surface area contributed by atoms with Gasteiger partial charge in [-0.3, -0.25) is 9.69 Å². The number of nitrogens with one attached hydrogen (secondary N) is 1. The van der Waals surface area contributed by atoms with Crippen LogP contribution in [0.4, 0.5) is 9.18 Å². The smallest absolute Gasteiger partial charge is 0.325 e. The van der Waals surface area contributed by atoms with E-state index < -0.39 is 23.3 Å². The Kier molecular flexibility index (Phi) is 4.79. The molecule has 0 radical (unpaired) electrons. The van der Waals surface area contributed by atoms with Crippen LogP contribution in [0.5, 0.6) is 11.5 Å². The Balaban J connectivity index is 1.71. The van der Waals surface area contributed by atoms with Gasteiger partial charge in [0.25, 0.3) is 5.91 Å². The second kappa shape index (κ2) is 7.03. The van der Waals surface area contributed by atoms with Crippen molar-refractivity contribution in [2.75, 3.05) is 20.3 Å². The average Bonchev–Trinajstić information content (AvgIpc) is 2.87. The number of hydrogen-bond donors (Lipinski definition) is 1. The molecule has 0 saturated carbocycles. The molecule has 2 aromatic carbocycles. The van der Waals surface area contributed by atoms with Gasteiger partial charge in [-0.15, -0.1) is 0 Å². The molecule has 7 heteroatoms. The third kappa shape index (κ3) is 3.20. The van der Waals surface area contributed by atoms with Gasteiger partial charge in [0.2, 0.25) is 0 Å². The van der Waals surface area contributed by atoms with E-state index in [1.807, 2.05) is 0 Å². The molecule has 0 aliphatic carbocycles. The van der Waals surface area contributed by atoms with Crippen LogP contribution in [0.15, 0.2) is 48.5 Å². The molecule has 26 heavy (non-hydrogen) atoms. The Morgan fingerprint density at radius 3 is 2.65 bits per heavy atom. The van der Waals surface area contributed by atoms with Crippen molar-refractivity contribution in [2.24, 2.45) is 0 Å². The number of imide groups is 1. The molecule has 1 fully saturated rings. The third-order valence-electron chi connectivity index (χ3n) is 4.33. The third-order valence-corrected chi connectivity index (χ3v) is 4.33. The fourth-order valence-corrected chi connectivity index (χ4v) is 2.84. The highest BCUT2D eigenvalue weighted by molar-refractivity contribution is 6.07. The van der Waals surface area contributed by atoms with E-state index in [1.54, 1.807) is 43.3 Å². The largest absolute Gasteiger partial charge is 0.497 e. The number of rotatable bonds is 6. The number of amides is 3.